The van der Waals surface area contributed by atoms with E-state index >= 15 is 0 Å². The van der Waals surface area contributed by atoms with E-state index in [1.54, 1.807) is 0 Å². The van der Waals surface area contributed by atoms with Gasteiger partial charge < -0.3 is 0 Å². The molecule has 0 saturated carbocycles. The van der Waals surface area contributed by atoms with Crippen LogP contribution in [0.5, 0.6) is 0 Å². The van der Waals surface area contributed by atoms with Crippen molar-refractivity contribution in [2.75, 3.05) is 0 Å². The summed E-state index contributed by atoms with van der Waals surface area (Å²) in [6.07, 6.45) is 5.13. The minimum absolute atomic E-state index is 0.485. The fraction of sp³-hybridized carbons (Fsp3) is 0.857. The largest absolute Gasteiger partial charge is 0.119 e. The second-order valence-corrected chi connectivity index (χ2v) is 6.13. The van der Waals surface area contributed by atoms with E-state index in [1.165, 1.54) is 25.7 Å². The molecule has 1 unspecified atom stereocenters. The van der Waals surface area contributed by atoms with E-state index in [4.69, 9.17) is 0 Å². The van der Waals surface area contributed by atoms with E-state index < -0.39 is 0 Å². The van der Waals surface area contributed by atoms with Gasteiger partial charge in [0.05, 0.1) is 0 Å². The zero-order valence-corrected chi connectivity index (χ0v) is 10.8. The fourth-order valence-corrected chi connectivity index (χ4v) is 1.46. The quantitative estimate of drug-likeness (QED) is 0.508. The van der Waals surface area contributed by atoms with E-state index in [-0.39, 0.29) is 0 Å². The van der Waals surface area contributed by atoms with Crippen LogP contribution in [-0.4, -0.2) is 4.83 Å². The number of unbranched alkanes of at least 4 members (excludes halogenated alkanes) is 2. The van der Waals surface area contributed by atoms with Crippen molar-refractivity contribution in [1.29, 1.82) is 0 Å². The third-order valence-electron chi connectivity index (χ3n) is 1.30. The van der Waals surface area contributed by atoms with Crippen molar-refractivity contribution in [2.24, 2.45) is 0 Å². The Hall–Kier alpha value is 1.44. The minimum atomic E-state index is 0.485. The molecule has 1 atom stereocenters. The molecule has 0 aliphatic carbocycles. The Balaban J connectivity index is 3.13. The highest BCUT2D eigenvalue weighted by Crippen LogP contribution is 2.31. The molecule has 0 N–H and O–H groups in total. The fourth-order valence-electron chi connectivity index (χ4n) is 0.683. The van der Waals surface area contributed by atoms with Gasteiger partial charge in [-0.05, 0) is 6.42 Å². The van der Waals surface area contributed by atoms with Gasteiger partial charge in [0.25, 0.3) is 0 Å². The molecule has 0 aromatic heterocycles. The molecule has 0 heterocycles. The van der Waals surface area contributed by atoms with Crippen LogP contribution in [0.2, 0.25) is 0 Å². The first-order chi connectivity index (χ1) is 4.68. The SMILES string of the molecule is CCCCCC(Br)[C](Br)Br. The molecule has 0 aromatic carbocycles. The van der Waals surface area contributed by atoms with E-state index in [0.717, 1.165) is 3.74 Å². The molecule has 0 spiro atoms. The monoisotopic (exact) mass is 333 g/mol. The molecule has 0 aliphatic rings. The van der Waals surface area contributed by atoms with Crippen LogP contribution in [0.3, 0.4) is 0 Å². The molecular weight excluding hydrogens is 324 g/mol. The van der Waals surface area contributed by atoms with Crippen molar-refractivity contribution in [1.82, 2.24) is 0 Å². The Bertz CT molecular complexity index is 73.3. The molecule has 61 valence electrons. The lowest BCUT2D eigenvalue weighted by molar-refractivity contribution is 0.679. The molecular formula is C7H12Br3. The van der Waals surface area contributed by atoms with E-state index in [0.29, 0.717) is 4.83 Å². The van der Waals surface area contributed by atoms with Crippen molar-refractivity contribution < 1.29 is 0 Å². The smallest absolute Gasteiger partial charge is 0.0865 e. The highest BCUT2D eigenvalue weighted by Gasteiger charge is 2.11. The zero-order valence-electron chi connectivity index (χ0n) is 6.04. The molecule has 0 rings (SSSR count). The predicted octanol–water partition coefficient (Wildman–Crippen LogP) is 4.61. The molecule has 0 fully saturated rings. The van der Waals surface area contributed by atoms with Gasteiger partial charge in [-0.15, -0.1) is 0 Å². The van der Waals surface area contributed by atoms with E-state index in [2.05, 4.69) is 54.7 Å². The number of rotatable bonds is 5. The van der Waals surface area contributed by atoms with Crippen LogP contribution < -0.4 is 0 Å². The molecule has 0 bridgehead atoms. The number of hydrogen-bond donors (Lipinski definition) is 0. The van der Waals surface area contributed by atoms with Gasteiger partial charge in [0, 0.05) is 4.83 Å². The zero-order chi connectivity index (χ0) is 7.98. The van der Waals surface area contributed by atoms with Crippen LogP contribution in [0, 0.1) is 3.74 Å². The van der Waals surface area contributed by atoms with Crippen molar-refractivity contribution in [3.05, 3.63) is 3.74 Å². The summed E-state index contributed by atoms with van der Waals surface area (Å²) in [5.74, 6) is 0. The van der Waals surface area contributed by atoms with Crippen LogP contribution in [0.4, 0.5) is 0 Å². The van der Waals surface area contributed by atoms with Gasteiger partial charge >= 0.3 is 0 Å². The molecule has 0 nitrogen and oxygen atoms in total. The van der Waals surface area contributed by atoms with Gasteiger partial charge in [0.2, 0.25) is 0 Å². The summed E-state index contributed by atoms with van der Waals surface area (Å²) >= 11 is 10.3. The van der Waals surface area contributed by atoms with Gasteiger partial charge in [0.15, 0.2) is 0 Å². The van der Waals surface area contributed by atoms with Crippen LogP contribution in [0.25, 0.3) is 0 Å². The maximum Gasteiger partial charge on any atom is 0.119 e. The third kappa shape index (κ3) is 6.17. The van der Waals surface area contributed by atoms with Crippen molar-refractivity contribution in [3.63, 3.8) is 0 Å². The Morgan fingerprint density at radius 1 is 1.30 bits per heavy atom. The third-order valence-corrected chi connectivity index (χ3v) is 4.55. The Kier molecular flexibility index (Phi) is 8.13. The Labute approximate surface area is 88.5 Å². The van der Waals surface area contributed by atoms with E-state index in [1.807, 2.05) is 0 Å². The second-order valence-electron chi connectivity index (χ2n) is 2.25. The summed E-state index contributed by atoms with van der Waals surface area (Å²) < 4.78 is 1.12. The summed E-state index contributed by atoms with van der Waals surface area (Å²) in [6, 6.07) is 0. The molecule has 10 heavy (non-hydrogen) atoms. The standard InChI is InChI=1S/C7H12Br3/c1-2-3-4-5-6(8)7(9)10/h6H,2-5H2,1H3. The Morgan fingerprint density at radius 2 is 1.90 bits per heavy atom. The molecule has 3 heteroatoms. The number of hydrogen-bond acceptors (Lipinski definition) is 0. The predicted molar refractivity (Wildman–Crippen MR) is 58.0 cm³/mol. The first kappa shape index (κ1) is 11.4. The van der Waals surface area contributed by atoms with Gasteiger partial charge in [-0.3, -0.25) is 0 Å². The summed E-state index contributed by atoms with van der Waals surface area (Å²) in [4.78, 5) is 0.485. The van der Waals surface area contributed by atoms with Crippen LogP contribution in [-0.2, 0) is 0 Å². The first-order valence-corrected chi connectivity index (χ1v) is 6.00. The van der Waals surface area contributed by atoms with Crippen LogP contribution in [0.1, 0.15) is 32.6 Å². The van der Waals surface area contributed by atoms with Gasteiger partial charge in [-0.2, -0.15) is 0 Å². The molecule has 0 aliphatic heterocycles. The highest BCUT2D eigenvalue weighted by atomic mass is 79.9. The van der Waals surface area contributed by atoms with Crippen molar-refractivity contribution >= 4 is 47.8 Å². The molecule has 0 amide bonds. The molecule has 0 aromatic rings. The van der Waals surface area contributed by atoms with Gasteiger partial charge in [-0.25, -0.2) is 0 Å². The number of halogens is 3. The van der Waals surface area contributed by atoms with Gasteiger partial charge in [0.1, 0.15) is 3.74 Å². The average molecular weight is 336 g/mol. The summed E-state index contributed by atoms with van der Waals surface area (Å²) in [7, 11) is 0. The summed E-state index contributed by atoms with van der Waals surface area (Å²) in [5, 5.41) is 0. The van der Waals surface area contributed by atoms with Crippen LogP contribution >= 0.6 is 47.8 Å². The minimum Gasteiger partial charge on any atom is -0.0865 e. The van der Waals surface area contributed by atoms with Crippen molar-refractivity contribution in [3.8, 4) is 0 Å². The lowest BCUT2D eigenvalue weighted by Gasteiger charge is -2.08. The topological polar surface area (TPSA) is 0 Å². The highest BCUT2D eigenvalue weighted by molar-refractivity contribution is 9.28. The van der Waals surface area contributed by atoms with Crippen LogP contribution in [0.15, 0.2) is 0 Å². The normalized spacial score (nSPS) is 14.1. The second kappa shape index (κ2) is 7.11. The lowest BCUT2D eigenvalue weighted by atomic mass is 10.2. The van der Waals surface area contributed by atoms with E-state index in [9.17, 15) is 0 Å². The molecule has 0 saturated heterocycles. The van der Waals surface area contributed by atoms with Crippen molar-refractivity contribution in [2.45, 2.75) is 37.4 Å². The maximum absolute atomic E-state index is 3.54. The average Bonchev–Trinajstić information content (AvgIpc) is 1.88. The van der Waals surface area contributed by atoms with Gasteiger partial charge in [-0.1, -0.05) is 74.0 Å². The molecule has 1 radical (unpaired) electrons. The maximum atomic E-state index is 3.54. The first-order valence-electron chi connectivity index (χ1n) is 3.50. The number of alkyl halides is 1. The summed E-state index contributed by atoms with van der Waals surface area (Å²) in [5.41, 5.74) is 0. The summed E-state index contributed by atoms with van der Waals surface area (Å²) in [6.45, 7) is 2.22. The lowest BCUT2D eigenvalue weighted by Crippen LogP contribution is -1.98. The Morgan fingerprint density at radius 3 is 2.30 bits per heavy atom.